The first-order valence-corrected chi connectivity index (χ1v) is 5.08. The number of hydrogen-bond donors (Lipinski definition) is 2. The van der Waals surface area contributed by atoms with E-state index in [1.807, 2.05) is 0 Å². The molecule has 5 heteroatoms. The standard InChI is InChI=1S/C11H15NO4/c1-14-10-4-7(2-3-9(10)13)11-15-6-8(5-12)16-11/h2-4,8,11,13H,5-6,12H2,1H3. The Morgan fingerprint density at radius 3 is 3.00 bits per heavy atom. The number of nitrogens with two attached hydrogens (primary N) is 1. The molecule has 0 radical (unpaired) electrons. The van der Waals surface area contributed by atoms with E-state index in [1.165, 1.54) is 7.11 Å². The van der Waals surface area contributed by atoms with E-state index in [1.54, 1.807) is 18.2 Å². The zero-order valence-corrected chi connectivity index (χ0v) is 9.05. The van der Waals surface area contributed by atoms with Crippen LogP contribution in [0.5, 0.6) is 11.5 Å². The average molecular weight is 225 g/mol. The lowest BCUT2D eigenvalue weighted by atomic mass is 10.2. The topological polar surface area (TPSA) is 73.9 Å². The fourth-order valence-corrected chi connectivity index (χ4v) is 1.59. The van der Waals surface area contributed by atoms with E-state index >= 15 is 0 Å². The molecule has 5 nitrogen and oxygen atoms in total. The van der Waals surface area contributed by atoms with Gasteiger partial charge in [-0.2, -0.15) is 0 Å². The van der Waals surface area contributed by atoms with Gasteiger partial charge in [0.15, 0.2) is 17.8 Å². The molecule has 0 aliphatic carbocycles. The number of ether oxygens (including phenoxy) is 3. The molecule has 16 heavy (non-hydrogen) atoms. The molecular formula is C11H15NO4. The van der Waals surface area contributed by atoms with E-state index < -0.39 is 6.29 Å². The van der Waals surface area contributed by atoms with E-state index in [2.05, 4.69) is 0 Å². The first-order valence-electron chi connectivity index (χ1n) is 5.08. The maximum absolute atomic E-state index is 9.45. The Labute approximate surface area is 93.7 Å². The monoisotopic (exact) mass is 225 g/mol. The van der Waals surface area contributed by atoms with Crippen molar-refractivity contribution in [3.05, 3.63) is 23.8 Å². The van der Waals surface area contributed by atoms with Gasteiger partial charge in [-0.05, 0) is 12.1 Å². The van der Waals surface area contributed by atoms with Crippen molar-refractivity contribution in [2.45, 2.75) is 12.4 Å². The van der Waals surface area contributed by atoms with Crippen LogP contribution in [0.25, 0.3) is 0 Å². The summed E-state index contributed by atoms with van der Waals surface area (Å²) in [5, 5.41) is 9.45. The summed E-state index contributed by atoms with van der Waals surface area (Å²) >= 11 is 0. The van der Waals surface area contributed by atoms with Gasteiger partial charge < -0.3 is 25.1 Å². The van der Waals surface area contributed by atoms with Crippen molar-refractivity contribution < 1.29 is 19.3 Å². The van der Waals surface area contributed by atoms with E-state index in [4.69, 9.17) is 19.9 Å². The zero-order valence-electron chi connectivity index (χ0n) is 9.05. The second kappa shape index (κ2) is 4.69. The smallest absolute Gasteiger partial charge is 0.184 e. The Hall–Kier alpha value is -1.30. The van der Waals surface area contributed by atoms with Crippen LogP contribution in [0.15, 0.2) is 18.2 Å². The molecule has 1 aliphatic heterocycles. The summed E-state index contributed by atoms with van der Waals surface area (Å²) in [5.74, 6) is 0.500. The molecule has 2 atom stereocenters. The lowest BCUT2D eigenvalue weighted by Gasteiger charge is -2.12. The molecule has 0 aromatic heterocycles. The summed E-state index contributed by atoms with van der Waals surface area (Å²) in [6.45, 7) is 0.927. The van der Waals surface area contributed by atoms with Gasteiger partial charge in [-0.15, -0.1) is 0 Å². The minimum absolute atomic E-state index is 0.0650. The highest BCUT2D eigenvalue weighted by atomic mass is 16.7. The molecular weight excluding hydrogens is 210 g/mol. The molecule has 1 saturated heterocycles. The molecule has 0 amide bonds. The normalized spacial score (nSPS) is 24.6. The van der Waals surface area contributed by atoms with Gasteiger partial charge in [0.1, 0.15) is 0 Å². The lowest BCUT2D eigenvalue weighted by molar-refractivity contribution is -0.0586. The number of hydrogen-bond acceptors (Lipinski definition) is 5. The van der Waals surface area contributed by atoms with Crippen molar-refractivity contribution >= 4 is 0 Å². The number of phenolic OH excluding ortho intramolecular Hbond substituents is 1. The van der Waals surface area contributed by atoms with Crippen LogP contribution < -0.4 is 10.5 Å². The summed E-state index contributed by atoms with van der Waals surface area (Å²) in [4.78, 5) is 0. The van der Waals surface area contributed by atoms with E-state index in [0.717, 1.165) is 5.56 Å². The number of methoxy groups -OCH3 is 1. The van der Waals surface area contributed by atoms with Gasteiger partial charge in [-0.25, -0.2) is 0 Å². The quantitative estimate of drug-likeness (QED) is 0.795. The summed E-state index contributed by atoms with van der Waals surface area (Å²) < 4.78 is 16.0. The predicted molar refractivity (Wildman–Crippen MR) is 57.3 cm³/mol. The van der Waals surface area contributed by atoms with Crippen molar-refractivity contribution in [3.63, 3.8) is 0 Å². The third kappa shape index (κ3) is 2.11. The molecule has 2 rings (SSSR count). The average Bonchev–Trinajstić information content (AvgIpc) is 2.78. The van der Waals surface area contributed by atoms with Gasteiger partial charge in [0, 0.05) is 12.1 Å². The summed E-state index contributed by atoms with van der Waals surface area (Å²) in [6, 6.07) is 4.98. The van der Waals surface area contributed by atoms with Crippen LogP contribution in [0.3, 0.4) is 0 Å². The Kier molecular flexibility index (Phi) is 3.28. The third-order valence-corrected chi connectivity index (χ3v) is 2.49. The van der Waals surface area contributed by atoms with Crippen LogP contribution in [-0.4, -0.2) is 31.5 Å². The Morgan fingerprint density at radius 1 is 1.56 bits per heavy atom. The van der Waals surface area contributed by atoms with Gasteiger partial charge in [0.25, 0.3) is 0 Å². The first kappa shape index (κ1) is 11.2. The second-order valence-electron chi connectivity index (χ2n) is 3.59. The Bertz CT molecular complexity index is 369. The van der Waals surface area contributed by atoms with Gasteiger partial charge in [0.05, 0.1) is 19.8 Å². The van der Waals surface area contributed by atoms with Gasteiger partial charge in [-0.1, -0.05) is 6.07 Å². The molecule has 3 N–H and O–H groups in total. The molecule has 1 aromatic carbocycles. The number of rotatable bonds is 3. The minimum atomic E-state index is -0.428. The predicted octanol–water partition coefficient (Wildman–Crippen LogP) is 0.773. The van der Waals surface area contributed by atoms with Crippen LogP contribution in [0.2, 0.25) is 0 Å². The fraction of sp³-hybridized carbons (Fsp3) is 0.455. The number of aromatic hydroxyl groups is 1. The van der Waals surface area contributed by atoms with Crippen LogP contribution in [0.4, 0.5) is 0 Å². The third-order valence-electron chi connectivity index (χ3n) is 2.49. The van der Waals surface area contributed by atoms with Crippen molar-refractivity contribution in [1.29, 1.82) is 0 Å². The highest BCUT2D eigenvalue weighted by Gasteiger charge is 2.26. The first-order chi connectivity index (χ1) is 7.74. The number of phenols is 1. The van der Waals surface area contributed by atoms with E-state index in [9.17, 15) is 5.11 Å². The highest BCUT2D eigenvalue weighted by Crippen LogP contribution is 2.33. The SMILES string of the molecule is COc1cc(C2OCC(CN)O2)ccc1O. The minimum Gasteiger partial charge on any atom is -0.504 e. The van der Waals surface area contributed by atoms with Gasteiger partial charge in [0.2, 0.25) is 0 Å². The maximum atomic E-state index is 9.45. The summed E-state index contributed by atoms with van der Waals surface area (Å²) in [6.07, 6.45) is -0.493. The van der Waals surface area contributed by atoms with E-state index in [0.29, 0.717) is 18.9 Å². The Morgan fingerprint density at radius 2 is 2.38 bits per heavy atom. The largest absolute Gasteiger partial charge is 0.504 e. The van der Waals surface area contributed by atoms with Crippen LogP contribution >= 0.6 is 0 Å². The molecule has 88 valence electrons. The van der Waals surface area contributed by atoms with Crippen molar-refractivity contribution in [3.8, 4) is 11.5 Å². The fourth-order valence-electron chi connectivity index (χ4n) is 1.59. The van der Waals surface area contributed by atoms with Crippen molar-refractivity contribution in [2.75, 3.05) is 20.3 Å². The highest BCUT2D eigenvalue weighted by molar-refractivity contribution is 5.42. The van der Waals surface area contributed by atoms with Crippen LogP contribution in [-0.2, 0) is 9.47 Å². The maximum Gasteiger partial charge on any atom is 0.184 e. The van der Waals surface area contributed by atoms with Gasteiger partial charge >= 0.3 is 0 Å². The van der Waals surface area contributed by atoms with Gasteiger partial charge in [-0.3, -0.25) is 0 Å². The van der Waals surface area contributed by atoms with Crippen molar-refractivity contribution in [2.24, 2.45) is 5.73 Å². The molecule has 1 aliphatic rings. The second-order valence-corrected chi connectivity index (χ2v) is 3.59. The zero-order chi connectivity index (χ0) is 11.5. The van der Waals surface area contributed by atoms with Crippen LogP contribution in [0.1, 0.15) is 11.9 Å². The Balaban J connectivity index is 2.15. The number of benzene rings is 1. The molecule has 1 heterocycles. The van der Waals surface area contributed by atoms with Crippen LogP contribution in [0, 0.1) is 0 Å². The molecule has 0 bridgehead atoms. The molecule has 0 spiro atoms. The molecule has 1 fully saturated rings. The van der Waals surface area contributed by atoms with E-state index in [-0.39, 0.29) is 11.9 Å². The lowest BCUT2D eigenvalue weighted by Crippen LogP contribution is -2.21. The molecule has 1 aromatic rings. The molecule has 0 saturated carbocycles. The van der Waals surface area contributed by atoms with Crippen molar-refractivity contribution in [1.82, 2.24) is 0 Å². The summed E-state index contributed by atoms with van der Waals surface area (Å²) in [7, 11) is 1.50. The molecule has 2 unspecified atom stereocenters. The summed E-state index contributed by atoms with van der Waals surface area (Å²) in [5.41, 5.74) is 6.30.